The molecule has 2 N–H and O–H groups in total. The predicted octanol–water partition coefficient (Wildman–Crippen LogP) is 3.06. The van der Waals surface area contributed by atoms with Crippen LogP contribution in [0.25, 0.3) is 0 Å². The molecule has 0 aromatic heterocycles. The molecule has 0 aliphatic carbocycles. The summed E-state index contributed by atoms with van der Waals surface area (Å²) in [7, 11) is 1.43. The second-order valence-electron chi connectivity index (χ2n) is 5.91. The molecule has 1 unspecified atom stereocenters. The Morgan fingerprint density at radius 1 is 1.38 bits per heavy atom. The van der Waals surface area contributed by atoms with Crippen molar-refractivity contribution in [2.75, 3.05) is 13.6 Å². The van der Waals surface area contributed by atoms with Crippen LogP contribution in [0.4, 0.5) is 18.9 Å². The summed E-state index contributed by atoms with van der Waals surface area (Å²) < 4.78 is 38.0. The van der Waals surface area contributed by atoms with Crippen LogP contribution in [0.1, 0.15) is 36.2 Å². The van der Waals surface area contributed by atoms with Crippen LogP contribution in [0.3, 0.4) is 0 Å². The minimum atomic E-state index is -4.72. The molecule has 0 aliphatic rings. The van der Waals surface area contributed by atoms with Crippen LogP contribution in [-0.4, -0.2) is 35.4 Å². The molecule has 134 valence electrons. The highest BCUT2D eigenvalue weighted by molar-refractivity contribution is 5.98. The van der Waals surface area contributed by atoms with E-state index in [9.17, 15) is 28.1 Å². The van der Waals surface area contributed by atoms with Crippen molar-refractivity contribution < 1.29 is 22.9 Å². The van der Waals surface area contributed by atoms with E-state index in [-0.39, 0.29) is 24.1 Å². The number of hydrogen-bond acceptors (Lipinski definition) is 4. The molecule has 0 radical (unpaired) electrons. The molecule has 1 amide bonds. The van der Waals surface area contributed by atoms with Crippen molar-refractivity contribution >= 4 is 11.6 Å². The molecule has 1 aromatic rings. The molecule has 0 saturated carbocycles. The number of nitrogens with zero attached hydrogens (tertiary/aromatic N) is 2. The number of carbonyl (C=O) groups excluding carboxylic acids is 1. The molecule has 0 aliphatic heterocycles. The van der Waals surface area contributed by atoms with Gasteiger partial charge in [0.2, 0.25) is 0 Å². The molecule has 1 atom stereocenters. The van der Waals surface area contributed by atoms with Crippen molar-refractivity contribution in [2.45, 2.75) is 32.5 Å². The largest absolute Gasteiger partial charge is 0.416 e. The Bertz CT molecular complexity index is 618. The number of amides is 1. The number of carbonyl (C=O) groups is 1. The van der Waals surface area contributed by atoms with Crippen LogP contribution in [0.15, 0.2) is 18.2 Å². The second-order valence-corrected chi connectivity index (χ2v) is 5.91. The van der Waals surface area contributed by atoms with E-state index in [2.05, 4.69) is 0 Å². The lowest BCUT2D eigenvalue weighted by molar-refractivity contribution is -0.385. The van der Waals surface area contributed by atoms with E-state index in [0.717, 1.165) is 6.07 Å². The standard InChI is InChI=1S/C15H20F3N3O3/c1-9(2)12(19)6-7-20(3)14(22)11-5-4-10(15(16,17)18)8-13(11)21(23)24/h4-5,8-9,12H,6-7,19H2,1-3H3. The monoisotopic (exact) mass is 347 g/mol. The molecule has 9 heteroatoms. The third-order valence-electron chi connectivity index (χ3n) is 3.75. The lowest BCUT2D eigenvalue weighted by Crippen LogP contribution is -2.34. The average Bonchev–Trinajstić information content (AvgIpc) is 2.49. The highest BCUT2D eigenvalue weighted by Gasteiger charge is 2.34. The number of benzene rings is 1. The highest BCUT2D eigenvalue weighted by atomic mass is 19.4. The molecule has 0 bridgehead atoms. The number of halogens is 3. The van der Waals surface area contributed by atoms with Gasteiger partial charge in [-0.1, -0.05) is 13.8 Å². The highest BCUT2D eigenvalue weighted by Crippen LogP contribution is 2.33. The summed E-state index contributed by atoms with van der Waals surface area (Å²) >= 11 is 0. The van der Waals surface area contributed by atoms with Gasteiger partial charge in [-0.05, 0) is 24.5 Å². The SMILES string of the molecule is CC(C)C(N)CCN(C)C(=O)c1ccc(C(F)(F)F)cc1[N+](=O)[O-]. The van der Waals surface area contributed by atoms with Gasteiger partial charge in [0.25, 0.3) is 11.6 Å². The van der Waals surface area contributed by atoms with Crippen molar-refractivity contribution in [3.05, 3.63) is 39.4 Å². The van der Waals surface area contributed by atoms with E-state index in [0.29, 0.717) is 18.6 Å². The third-order valence-corrected chi connectivity index (χ3v) is 3.75. The normalized spacial score (nSPS) is 13.0. The van der Waals surface area contributed by atoms with Crippen LogP contribution < -0.4 is 5.73 Å². The summed E-state index contributed by atoms with van der Waals surface area (Å²) in [6.45, 7) is 4.09. The number of nitrogens with two attached hydrogens (primary N) is 1. The van der Waals surface area contributed by atoms with Crippen molar-refractivity contribution in [2.24, 2.45) is 11.7 Å². The Morgan fingerprint density at radius 2 is 1.96 bits per heavy atom. The average molecular weight is 347 g/mol. The zero-order valence-corrected chi connectivity index (χ0v) is 13.6. The molecule has 0 fully saturated rings. The van der Waals surface area contributed by atoms with Crippen molar-refractivity contribution in [1.82, 2.24) is 4.90 Å². The van der Waals surface area contributed by atoms with Gasteiger partial charge < -0.3 is 10.6 Å². The van der Waals surface area contributed by atoms with Gasteiger partial charge in [0.15, 0.2) is 0 Å². The number of hydrogen-bond donors (Lipinski definition) is 1. The van der Waals surface area contributed by atoms with Gasteiger partial charge >= 0.3 is 6.18 Å². The topological polar surface area (TPSA) is 89.5 Å². The molecule has 6 nitrogen and oxygen atoms in total. The van der Waals surface area contributed by atoms with Crippen molar-refractivity contribution in [3.63, 3.8) is 0 Å². The summed E-state index contributed by atoms with van der Waals surface area (Å²) in [6.07, 6.45) is -4.24. The first-order valence-corrected chi connectivity index (χ1v) is 7.31. The Kier molecular flexibility index (Phi) is 6.30. The van der Waals surface area contributed by atoms with Crippen LogP contribution in [0.5, 0.6) is 0 Å². The molecule has 1 rings (SSSR count). The lowest BCUT2D eigenvalue weighted by atomic mass is 10.0. The minimum absolute atomic E-state index is 0.150. The Balaban J connectivity index is 3.03. The van der Waals surface area contributed by atoms with E-state index in [1.807, 2.05) is 13.8 Å². The van der Waals surface area contributed by atoms with Crippen LogP contribution >= 0.6 is 0 Å². The summed E-state index contributed by atoms with van der Waals surface area (Å²) in [4.78, 5) is 23.6. The Labute approximate surface area is 137 Å². The molecule has 0 heterocycles. The molecular formula is C15H20F3N3O3. The van der Waals surface area contributed by atoms with Crippen molar-refractivity contribution in [3.8, 4) is 0 Å². The van der Waals surface area contributed by atoms with E-state index in [4.69, 9.17) is 5.73 Å². The van der Waals surface area contributed by atoms with E-state index in [1.54, 1.807) is 0 Å². The quantitative estimate of drug-likeness (QED) is 0.632. The van der Waals surface area contributed by atoms with Gasteiger partial charge in [0.1, 0.15) is 5.56 Å². The van der Waals surface area contributed by atoms with Crippen molar-refractivity contribution in [1.29, 1.82) is 0 Å². The number of alkyl halides is 3. The van der Waals surface area contributed by atoms with Crippen LogP contribution in [-0.2, 0) is 6.18 Å². The third kappa shape index (κ3) is 4.92. The predicted molar refractivity (Wildman–Crippen MR) is 82.5 cm³/mol. The zero-order chi connectivity index (χ0) is 18.7. The molecule has 0 spiro atoms. The summed E-state index contributed by atoms with van der Waals surface area (Å²) in [5.74, 6) is -0.514. The maximum atomic E-state index is 12.7. The summed E-state index contributed by atoms with van der Waals surface area (Å²) in [5.41, 5.74) is 3.46. The Morgan fingerprint density at radius 3 is 2.42 bits per heavy atom. The smallest absolute Gasteiger partial charge is 0.341 e. The lowest BCUT2D eigenvalue weighted by Gasteiger charge is -2.21. The van der Waals surface area contributed by atoms with Crippen LogP contribution in [0.2, 0.25) is 0 Å². The molecule has 24 heavy (non-hydrogen) atoms. The zero-order valence-electron chi connectivity index (χ0n) is 13.6. The first-order valence-electron chi connectivity index (χ1n) is 7.31. The fourth-order valence-electron chi connectivity index (χ4n) is 2.02. The first-order chi connectivity index (χ1) is 10.9. The summed E-state index contributed by atoms with van der Waals surface area (Å²) in [5, 5.41) is 11.0. The molecular weight excluding hydrogens is 327 g/mol. The second kappa shape index (κ2) is 7.61. The number of nitro benzene ring substituents is 1. The number of nitro groups is 1. The summed E-state index contributed by atoms with van der Waals surface area (Å²) in [6, 6.07) is 1.72. The van der Waals surface area contributed by atoms with Gasteiger partial charge in [-0.3, -0.25) is 14.9 Å². The fourth-order valence-corrected chi connectivity index (χ4v) is 2.02. The van der Waals surface area contributed by atoms with Gasteiger partial charge in [-0.2, -0.15) is 13.2 Å². The Hall–Kier alpha value is -2.16. The van der Waals surface area contributed by atoms with Gasteiger partial charge in [0.05, 0.1) is 10.5 Å². The van der Waals surface area contributed by atoms with Gasteiger partial charge in [0, 0.05) is 25.7 Å². The van der Waals surface area contributed by atoms with Crippen LogP contribution in [0, 0.1) is 16.0 Å². The van der Waals surface area contributed by atoms with Gasteiger partial charge in [-0.15, -0.1) is 0 Å². The number of rotatable bonds is 6. The van der Waals surface area contributed by atoms with E-state index < -0.39 is 28.3 Å². The first kappa shape index (κ1) is 19.9. The fraction of sp³-hybridized carbons (Fsp3) is 0.533. The maximum absolute atomic E-state index is 12.7. The van der Waals surface area contributed by atoms with E-state index in [1.165, 1.54) is 11.9 Å². The van der Waals surface area contributed by atoms with E-state index >= 15 is 0 Å². The maximum Gasteiger partial charge on any atom is 0.416 e. The molecule has 1 aromatic carbocycles. The van der Waals surface area contributed by atoms with Gasteiger partial charge in [-0.25, -0.2) is 0 Å². The minimum Gasteiger partial charge on any atom is -0.341 e. The molecule has 0 saturated heterocycles.